The fraction of sp³-hybridized carbons (Fsp3) is 0.613. The van der Waals surface area contributed by atoms with Gasteiger partial charge < -0.3 is 0 Å². The SMILES string of the molecule is C/C=C/CCc1cc(F)c2cc([C@@H]3CC[C@@H]4CC(CCCCCC)CCC4C3)ccc2c1. The van der Waals surface area contributed by atoms with E-state index in [9.17, 15) is 4.39 Å². The van der Waals surface area contributed by atoms with Crippen LogP contribution in [0.4, 0.5) is 4.39 Å². The van der Waals surface area contributed by atoms with Crippen LogP contribution in [0.1, 0.15) is 108 Å². The Hall–Kier alpha value is -1.63. The second-order valence-electron chi connectivity index (χ2n) is 10.7. The molecule has 2 aliphatic carbocycles. The lowest BCUT2D eigenvalue weighted by molar-refractivity contribution is 0.113. The molecular weight excluding hydrogens is 391 g/mol. The number of unbranched alkanes of at least 4 members (excludes halogenated alkanes) is 3. The van der Waals surface area contributed by atoms with E-state index in [0.29, 0.717) is 5.92 Å². The molecule has 2 aromatic carbocycles. The number of aryl methyl sites for hydroxylation is 1. The first-order valence-electron chi connectivity index (χ1n) is 13.5. The van der Waals surface area contributed by atoms with Gasteiger partial charge >= 0.3 is 0 Å². The quantitative estimate of drug-likeness (QED) is 0.272. The first-order valence-corrected chi connectivity index (χ1v) is 13.5. The van der Waals surface area contributed by atoms with E-state index in [0.717, 1.165) is 46.9 Å². The van der Waals surface area contributed by atoms with Crippen molar-refractivity contribution in [3.63, 3.8) is 0 Å². The predicted octanol–water partition coefficient (Wildman–Crippen LogP) is 9.76. The standard InChI is InChI=1S/C31H43F/c1-3-5-7-9-10-23-12-13-26-21-27(15-14-25(26)18-23)28-16-17-29-19-24(11-8-6-4-2)20-31(32)30(29)22-28/h4,6,16-17,19-20,22-23,25-27H,3,5,7-15,18,21H2,1-2H3/b6-4+/t23?,25-,26?,27-/m1/s1. The molecule has 0 saturated heterocycles. The topological polar surface area (TPSA) is 0 Å². The molecule has 0 radical (unpaired) electrons. The second kappa shape index (κ2) is 11.5. The van der Waals surface area contributed by atoms with Gasteiger partial charge in [0, 0.05) is 5.39 Å². The van der Waals surface area contributed by atoms with Gasteiger partial charge in [0.15, 0.2) is 0 Å². The van der Waals surface area contributed by atoms with Crippen molar-refractivity contribution in [1.82, 2.24) is 0 Å². The molecule has 0 N–H and O–H groups in total. The fourth-order valence-electron chi connectivity index (χ4n) is 6.61. The molecule has 4 atom stereocenters. The summed E-state index contributed by atoms with van der Waals surface area (Å²) in [4.78, 5) is 0. The monoisotopic (exact) mass is 434 g/mol. The number of rotatable bonds is 9. The van der Waals surface area contributed by atoms with Crippen LogP contribution in [0.15, 0.2) is 42.5 Å². The molecule has 2 fully saturated rings. The minimum absolute atomic E-state index is 0.0444. The molecule has 0 amide bonds. The highest BCUT2D eigenvalue weighted by atomic mass is 19.1. The highest BCUT2D eigenvalue weighted by molar-refractivity contribution is 5.84. The third kappa shape index (κ3) is 5.83. The van der Waals surface area contributed by atoms with Crippen molar-refractivity contribution in [3.05, 3.63) is 59.4 Å². The third-order valence-electron chi connectivity index (χ3n) is 8.48. The van der Waals surface area contributed by atoms with E-state index in [1.165, 1.54) is 76.2 Å². The van der Waals surface area contributed by atoms with Crippen molar-refractivity contribution in [2.75, 3.05) is 0 Å². The lowest BCUT2D eigenvalue weighted by Crippen LogP contribution is -2.30. The van der Waals surface area contributed by atoms with E-state index < -0.39 is 0 Å². The van der Waals surface area contributed by atoms with Crippen LogP contribution >= 0.6 is 0 Å². The minimum atomic E-state index is -0.0444. The van der Waals surface area contributed by atoms with Crippen LogP contribution in [0.2, 0.25) is 0 Å². The average molecular weight is 435 g/mol. The summed E-state index contributed by atoms with van der Waals surface area (Å²) in [5.74, 6) is 3.41. The molecule has 2 aromatic rings. The van der Waals surface area contributed by atoms with Gasteiger partial charge in [0.2, 0.25) is 0 Å². The molecule has 0 aliphatic heterocycles. The van der Waals surface area contributed by atoms with Crippen molar-refractivity contribution in [3.8, 4) is 0 Å². The number of halogens is 1. The molecule has 4 rings (SSSR count). The van der Waals surface area contributed by atoms with E-state index in [-0.39, 0.29) is 5.82 Å². The summed E-state index contributed by atoms with van der Waals surface area (Å²) in [5.41, 5.74) is 2.48. The van der Waals surface area contributed by atoms with Crippen LogP contribution in [-0.2, 0) is 6.42 Å². The minimum Gasteiger partial charge on any atom is -0.206 e. The summed E-state index contributed by atoms with van der Waals surface area (Å²) in [6.07, 6.45) is 21.5. The summed E-state index contributed by atoms with van der Waals surface area (Å²) in [6, 6.07) is 10.6. The summed E-state index contributed by atoms with van der Waals surface area (Å²) >= 11 is 0. The average Bonchev–Trinajstić information content (AvgIpc) is 2.81. The van der Waals surface area contributed by atoms with E-state index in [1.807, 2.05) is 6.92 Å². The third-order valence-corrected chi connectivity index (χ3v) is 8.48. The lowest BCUT2D eigenvalue weighted by atomic mass is 9.63. The zero-order chi connectivity index (χ0) is 22.3. The summed E-state index contributed by atoms with van der Waals surface area (Å²) < 4.78 is 14.9. The Morgan fingerprint density at radius 3 is 2.62 bits per heavy atom. The molecule has 2 aliphatic rings. The zero-order valence-electron chi connectivity index (χ0n) is 20.4. The summed E-state index contributed by atoms with van der Waals surface area (Å²) in [7, 11) is 0. The predicted molar refractivity (Wildman–Crippen MR) is 137 cm³/mol. The Balaban J connectivity index is 1.37. The number of allylic oxidation sites excluding steroid dienone is 2. The smallest absolute Gasteiger partial charge is 0.131 e. The fourth-order valence-corrected chi connectivity index (χ4v) is 6.61. The van der Waals surface area contributed by atoms with E-state index >= 15 is 0 Å². The van der Waals surface area contributed by atoms with Gasteiger partial charge in [0.05, 0.1) is 0 Å². The molecule has 0 heterocycles. The largest absolute Gasteiger partial charge is 0.206 e. The van der Waals surface area contributed by atoms with Crippen molar-refractivity contribution in [2.24, 2.45) is 17.8 Å². The molecule has 0 nitrogen and oxygen atoms in total. The van der Waals surface area contributed by atoms with Gasteiger partial charge in [0.25, 0.3) is 0 Å². The first kappa shape index (κ1) is 23.5. The number of hydrogen-bond acceptors (Lipinski definition) is 0. The highest BCUT2D eigenvalue weighted by Crippen LogP contribution is 2.48. The van der Waals surface area contributed by atoms with Crippen LogP contribution in [0.25, 0.3) is 10.8 Å². The van der Waals surface area contributed by atoms with Crippen molar-refractivity contribution in [2.45, 2.75) is 103 Å². The molecular formula is C31H43F. The van der Waals surface area contributed by atoms with Crippen LogP contribution < -0.4 is 0 Å². The van der Waals surface area contributed by atoms with Gasteiger partial charge in [-0.25, -0.2) is 4.39 Å². The number of fused-ring (bicyclic) bond motifs is 2. The Bertz CT molecular complexity index is 895. The highest BCUT2D eigenvalue weighted by Gasteiger charge is 2.35. The second-order valence-corrected chi connectivity index (χ2v) is 10.7. The van der Waals surface area contributed by atoms with Gasteiger partial charge in [-0.2, -0.15) is 0 Å². The Morgan fingerprint density at radius 1 is 0.938 bits per heavy atom. The molecule has 0 spiro atoms. The zero-order valence-corrected chi connectivity index (χ0v) is 20.4. The summed E-state index contributed by atoms with van der Waals surface area (Å²) in [5, 5.41) is 1.87. The lowest BCUT2D eigenvalue weighted by Gasteiger charge is -2.42. The maximum Gasteiger partial charge on any atom is 0.131 e. The Kier molecular flexibility index (Phi) is 8.44. The Labute approximate surface area is 195 Å². The van der Waals surface area contributed by atoms with Gasteiger partial charge in [-0.1, -0.05) is 75.8 Å². The van der Waals surface area contributed by atoms with Gasteiger partial charge in [0.1, 0.15) is 5.82 Å². The van der Waals surface area contributed by atoms with E-state index in [4.69, 9.17) is 0 Å². The van der Waals surface area contributed by atoms with Crippen LogP contribution in [-0.4, -0.2) is 0 Å². The molecule has 0 bridgehead atoms. The van der Waals surface area contributed by atoms with Crippen molar-refractivity contribution >= 4 is 10.8 Å². The van der Waals surface area contributed by atoms with Crippen LogP contribution in [0.3, 0.4) is 0 Å². The summed E-state index contributed by atoms with van der Waals surface area (Å²) in [6.45, 7) is 4.34. The molecule has 174 valence electrons. The van der Waals surface area contributed by atoms with Crippen molar-refractivity contribution < 1.29 is 4.39 Å². The maximum atomic E-state index is 14.9. The molecule has 2 saturated carbocycles. The molecule has 0 aromatic heterocycles. The van der Waals surface area contributed by atoms with Crippen LogP contribution in [0, 0.1) is 23.6 Å². The van der Waals surface area contributed by atoms with E-state index in [1.54, 1.807) is 6.07 Å². The van der Waals surface area contributed by atoms with Gasteiger partial charge in [-0.15, -0.1) is 0 Å². The molecule has 32 heavy (non-hydrogen) atoms. The van der Waals surface area contributed by atoms with Crippen molar-refractivity contribution in [1.29, 1.82) is 0 Å². The number of benzene rings is 2. The van der Waals surface area contributed by atoms with Crippen LogP contribution in [0.5, 0.6) is 0 Å². The normalized spacial score (nSPS) is 26.0. The van der Waals surface area contributed by atoms with Gasteiger partial charge in [-0.3, -0.25) is 0 Å². The molecule has 1 heteroatoms. The Morgan fingerprint density at radius 2 is 1.78 bits per heavy atom. The maximum absolute atomic E-state index is 14.9. The number of hydrogen-bond donors (Lipinski definition) is 0. The molecule has 2 unspecified atom stereocenters. The van der Waals surface area contributed by atoms with Gasteiger partial charge in [-0.05, 0) is 104 Å². The van der Waals surface area contributed by atoms with E-state index in [2.05, 4.69) is 43.3 Å². The first-order chi connectivity index (χ1) is 15.7.